The first-order chi connectivity index (χ1) is 6.19. The van der Waals surface area contributed by atoms with Crippen LogP contribution in [0, 0.1) is 0 Å². The largest absolute Gasteiger partial charge is 0.392 e. The van der Waals surface area contributed by atoms with E-state index in [1.165, 1.54) is 0 Å². The predicted molar refractivity (Wildman–Crippen MR) is 54.5 cm³/mol. The van der Waals surface area contributed by atoms with Crippen LogP contribution in [0.4, 0.5) is 0 Å². The highest BCUT2D eigenvalue weighted by molar-refractivity contribution is 6.30. The molecule has 13 heavy (non-hydrogen) atoms. The lowest BCUT2D eigenvalue weighted by Crippen LogP contribution is -2.09. The Labute approximate surface area is 82.6 Å². The quantitative estimate of drug-likeness (QED) is 0.729. The van der Waals surface area contributed by atoms with Crippen LogP contribution in [0.25, 0.3) is 0 Å². The number of benzene rings is 1. The van der Waals surface area contributed by atoms with Crippen molar-refractivity contribution in [3.05, 3.63) is 47.0 Å². The number of nitrogens with two attached hydrogens (primary N) is 1. The zero-order chi connectivity index (χ0) is 9.84. The molecule has 0 aliphatic rings. The number of halogens is 1. The molecule has 0 saturated carbocycles. The average Bonchev–Trinajstić information content (AvgIpc) is 2.16. The van der Waals surface area contributed by atoms with E-state index in [0.717, 1.165) is 11.1 Å². The second kappa shape index (κ2) is 4.42. The summed E-state index contributed by atoms with van der Waals surface area (Å²) in [6, 6.07) is 4.97. The van der Waals surface area contributed by atoms with E-state index in [1.54, 1.807) is 24.3 Å². The summed E-state index contributed by atoms with van der Waals surface area (Å²) < 4.78 is 0. The van der Waals surface area contributed by atoms with Crippen molar-refractivity contribution in [2.45, 2.75) is 12.6 Å². The molecule has 2 nitrogen and oxygen atoms in total. The molecule has 0 aromatic heterocycles. The van der Waals surface area contributed by atoms with Gasteiger partial charge in [-0.2, -0.15) is 0 Å². The van der Waals surface area contributed by atoms with Crippen LogP contribution < -0.4 is 5.73 Å². The molecule has 0 unspecified atom stereocenters. The van der Waals surface area contributed by atoms with Crippen molar-refractivity contribution >= 4 is 11.6 Å². The Morgan fingerprint density at radius 3 is 2.85 bits per heavy atom. The molecule has 1 rings (SSSR count). The molecule has 0 bridgehead atoms. The molecule has 3 heteroatoms. The lowest BCUT2D eigenvalue weighted by atomic mass is 10.0. The highest BCUT2D eigenvalue weighted by Crippen LogP contribution is 2.21. The van der Waals surface area contributed by atoms with Crippen LogP contribution >= 0.6 is 11.6 Å². The summed E-state index contributed by atoms with van der Waals surface area (Å²) in [5, 5.41) is 9.64. The summed E-state index contributed by atoms with van der Waals surface area (Å²) in [5.41, 5.74) is 7.36. The first kappa shape index (κ1) is 10.3. The van der Waals surface area contributed by atoms with Crippen molar-refractivity contribution in [1.82, 2.24) is 0 Å². The molecule has 0 fully saturated rings. The molecule has 1 aromatic carbocycles. The van der Waals surface area contributed by atoms with Gasteiger partial charge in [-0.15, -0.1) is 6.58 Å². The third-order valence-electron chi connectivity index (χ3n) is 1.89. The standard InChI is InChI=1S/C10H12ClNO/c1-2-10(12)9-5-8(11)4-3-7(9)6-13/h2-5,10,13H,1,6,12H2/t10-/m0/s1. The van der Waals surface area contributed by atoms with Gasteiger partial charge in [0.15, 0.2) is 0 Å². The van der Waals surface area contributed by atoms with E-state index >= 15 is 0 Å². The second-order valence-electron chi connectivity index (χ2n) is 2.76. The third-order valence-corrected chi connectivity index (χ3v) is 2.13. The van der Waals surface area contributed by atoms with Gasteiger partial charge in [-0.3, -0.25) is 0 Å². The number of rotatable bonds is 3. The number of aliphatic hydroxyl groups excluding tert-OH is 1. The minimum absolute atomic E-state index is 0.0337. The average molecular weight is 198 g/mol. The molecule has 1 atom stereocenters. The summed E-state index contributed by atoms with van der Waals surface area (Å²) in [6.45, 7) is 3.56. The maximum atomic E-state index is 9.02. The van der Waals surface area contributed by atoms with Gasteiger partial charge in [0.2, 0.25) is 0 Å². The van der Waals surface area contributed by atoms with Crippen molar-refractivity contribution < 1.29 is 5.11 Å². The maximum Gasteiger partial charge on any atom is 0.0685 e. The van der Waals surface area contributed by atoms with Gasteiger partial charge < -0.3 is 10.8 Å². The van der Waals surface area contributed by atoms with Crippen LogP contribution in [-0.2, 0) is 6.61 Å². The summed E-state index contributed by atoms with van der Waals surface area (Å²) in [5.74, 6) is 0. The molecule has 1 aromatic rings. The van der Waals surface area contributed by atoms with Crippen LogP contribution in [-0.4, -0.2) is 5.11 Å². The van der Waals surface area contributed by atoms with Gasteiger partial charge in [-0.25, -0.2) is 0 Å². The second-order valence-corrected chi connectivity index (χ2v) is 3.20. The first-order valence-corrected chi connectivity index (χ1v) is 4.34. The molecular formula is C10H12ClNO. The number of hydrogen-bond donors (Lipinski definition) is 2. The Morgan fingerprint density at radius 2 is 2.31 bits per heavy atom. The zero-order valence-corrected chi connectivity index (χ0v) is 7.96. The number of hydrogen-bond acceptors (Lipinski definition) is 2. The van der Waals surface area contributed by atoms with E-state index in [1.807, 2.05) is 0 Å². The predicted octanol–water partition coefficient (Wildman–Crippen LogP) is 2.02. The molecule has 0 amide bonds. The molecule has 0 heterocycles. The zero-order valence-electron chi connectivity index (χ0n) is 7.20. The minimum atomic E-state index is -0.277. The van der Waals surface area contributed by atoms with Gasteiger partial charge >= 0.3 is 0 Å². The Kier molecular flexibility index (Phi) is 3.48. The van der Waals surface area contributed by atoms with Gasteiger partial charge in [-0.05, 0) is 23.3 Å². The van der Waals surface area contributed by atoms with Gasteiger partial charge in [0, 0.05) is 11.1 Å². The molecule has 0 aliphatic carbocycles. The van der Waals surface area contributed by atoms with Crippen molar-refractivity contribution in [3.63, 3.8) is 0 Å². The molecule has 70 valence electrons. The fourth-order valence-electron chi connectivity index (χ4n) is 1.15. The Balaban J connectivity index is 3.14. The van der Waals surface area contributed by atoms with Crippen LogP contribution in [0.15, 0.2) is 30.9 Å². The highest BCUT2D eigenvalue weighted by Gasteiger charge is 2.07. The van der Waals surface area contributed by atoms with Crippen molar-refractivity contribution in [2.24, 2.45) is 5.73 Å². The van der Waals surface area contributed by atoms with Gasteiger partial charge in [0.05, 0.1) is 6.61 Å². The van der Waals surface area contributed by atoms with E-state index in [2.05, 4.69) is 6.58 Å². The number of aliphatic hydroxyl groups is 1. The third kappa shape index (κ3) is 2.31. The monoisotopic (exact) mass is 197 g/mol. The minimum Gasteiger partial charge on any atom is -0.392 e. The van der Waals surface area contributed by atoms with E-state index in [9.17, 15) is 0 Å². The van der Waals surface area contributed by atoms with Crippen molar-refractivity contribution in [3.8, 4) is 0 Å². The van der Waals surface area contributed by atoms with Gasteiger partial charge in [-0.1, -0.05) is 23.7 Å². The Hall–Kier alpha value is -0.830. The molecule has 3 N–H and O–H groups in total. The van der Waals surface area contributed by atoms with Crippen LogP contribution in [0.5, 0.6) is 0 Å². The summed E-state index contributed by atoms with van der Waals surface area (Å²) in [4.78, 5) is 0. The lowest BCUT2D eigenvalue weighted by Gasteiger charge is -2.11. The van der Waals surface area contributed by atoms with Crippen LogP contribution in [0.1, 0.15) is 17.2 Å². The summed E-state index contributed by atoms with van der Waals surface area (Å²) in [7, 11) is 0. The molecule has 0 spiro atoms. The lowest BCUT2D eigenvalue weighted by molar-refractivity contribution is 0.280. The van der Waals surface area contributed by atoms with Crippen LogP contribution in [0.2, 0.25) is 5.02 Å². The smallest absolute Gasteiger partial charge is 0.0685 e. The first-order valence-electron chi connectivity index (χ1n) is 3.96. The molecule has 0 saturated heterocycles. The normalized spacial score (nSPS) is 12.5. The topological polar surface area (TPSA) is 46.2 Å². The SMILES string of the molecule is C=C[C@H](N)c1cc(Cl)ccc1CO. The molecule has 0 aliphatic heterocycles. The Bertz CT molecular complexity index is 312. The van der Waals surface area contributed by atoms with E-state index in [0.29, 0.717) is 5.02 Å². The van der Waals surface area contributed by atoms with E-state index in [-0.39, 0.29) is 12.6 Å². The fraction of sp³-hybridized carbons (Fsp3) is 0.200. The summed E-state index contributed by atoms with van der Waals surface area (Å²) in [6.07, 6.45) is 1.62. The van der Waals surface area contributed by atoms with E-state index < -0.39 is 0 Å². The molecular weight excluding hydrogens is 186 g/mol. The van der Waals surface area contributed by atoms with Crippen molar-refractivity contribution in [1.29, 1.82) is 0 Å². The van der Waals surface area contributed by atoms with Gasteiger partial charge in [0.1, 0.15) is 0 Å². The fourth-order valence-corrected chi connectivity index (χ4v) is 1.33. The van der Waals surface area contributed by atoms with Crippen molar-refractivity contribution in [2.75, 3.05) is 0 Å². The van der Waals surface area contributed by atoms with Crippen LogP contribution in [0.3, 0.4) is 0 Å². The van der Waals surface area contributed by atoms with E-state index in [4.69, 9.17) is 22.4 Å². The maximum absolute atomic E-state index is 9.02. The molecule has 0 radical (unpaired) electrons. The van der Waals surface area contributed by atoms with Gasteiger partial charge in [0.25, 0.3) is 0 Å². The highest BCUT2D eigenvalue weighted by atomic mass is 35.5. The summed E-state index contributed by atoms with van der Waals surface area (Å²) >= 11 is 5.80. The Morgan fingerprint density at radius 1 is 1.62 bits per heavy atom.